The number of aryl methyl sites for hydroxylation is 1. The summed E-state index contributed by atoms with van der Waals surface area (Å²) in [6.45, 7) is 5.54. The van der Waals surface area contributed by atoms with Crippen molar-refractivity contribution in [2.75, 3.05) is 11.9 Å². The van der Waals surface area contributed by atoms with Gasteiger partial charge >= 0.3 is 0 Å². The summed E-state index contributed by atoms with van der Waals surface area (Å²) in [5.41, 5.74) is 0.836. The molecule has 0 bridgehead atoms. The van der Waals surface area contributed by atoms with Crippen molar-refractivity contribution < 1.29 is 8.42 Å². The molecule has 0 radical (unpaired) electrons. The Hall–Kier alpha value is -1.40. The molecule has 1 saturated carbocycles. The molecule has 0 saturated heterocycles. The molecule has 0 atom stereocenters. The fraction of sp³-hybridized carbons (Fsp3) is 0.417. The fourth-order valence-corrected chi connectivity index (χ4v) is 2.55. The third-order valence-corrected chi connectivity index (χ3v) is 4.09. The lowest BCUT2D eigenvalue weighted by Gasteiger charge is -2.09. The molecule has 0 aliphatic heterocycles. The van der Waals surface area contributed by atoms with E-state index in [0.717, 1.165) is 24.2 Å². The number of nitrogens with one attached hydrogen (secondary N) is 2. The summed E-state index contributed by atoms with van der Waals surface area (Å²) in [5, 5.41) is 3.26. The lowest BCUT2D eigenvalue weighted by molar-refractivity contribution is 0.585. The van der Waals surface area contributed by atoms with Gasteiger partial charge in [-0.1, -0.05) is 6.08 Å². The van der Waals surface area contributed by atoms with E-state index < -0.39 is 10.0 Å². The maximum atomic E-state index is 11.9. The lowest BCUT2D eigenvalue weighted by atomic mass is 10.3. The normalized spacial score (nSPS) is 15.4. The van der Waals surface area contributed by atoms with Gasteiger partial charge < -0.3 is 5.32 Å². The number of hydrogen-bond donors (Lipinski definition) is 2. The molecular formula is C12H17N3O2S. The van der Waals surface area contributed by atoms with Gasteiger partial charge in [-0.2, -0.15) is 0 Å². The SMILES string of the molecule is C=CCNS(=O)(=O)c1cnc(NC2CC2)c(C)c1. The van der Waals surface area contributed by atoms with Gasteiger partial charge in [-0.25, -0.2) is 18.1 Å². The Bertz CT molecular complexity index is 550. The van der Waals surface area contributed by atoms with Gasteiger partial charge in [-0.3, -0.25) is 0 Å². The zero-order chi connectivity index (χ0) is 13.2. The number of rotatable bonds is 6. The quantitative estimate of drug-likeness (QED) is 0.765. The van der Waals surface area contributed by atoms with Crippen LogP contribution in [-0.2, 0) is 10.0 Å². The minimum atomic E-state index is -3.49. The summed E-state index contributed by atoms with van der Waals surface area (Å²) >= 11 is 0. The molecule has 1 aliphatic carbocycles. The molecule has 1 fully saturated rings. The Morgan fingerprint density at radius 3 is 2.83 bits per heavy atom. The van der Waals surface area contributed by atoms with Crippen molar-refractivity contribution in [1.29, 1.82) is 0 Å². The van der Waals surface area contributed by atoms with Gasteiger partial charge in [0.2, 0.25) is 10.0 Å². The third kappa shape index (κ3) is 3.08. The van der Waals surface area contributed by atoms with Crippen molar-refractivity contribution >= 4 is 15.8 Å². The average Bonchev–Trinajstić information content (AvgIpc) is 3.13. The molecule has 18 heavy (non-hydrogen) atoms. The summed E-state index contributed by atoms with van der Waals surface area (Å²) in [5.74, 6) is 0.764. The number of hydrogen-bond acceptors (Lipinski definition) is 4. The first kappa shape index (κ1) is 13.0. The van der Waals surface area contributed by atoms with E-state index in [4.69, 9.17) is 0 Å². The zero-order valence-electron chi connectivity index (χ0n) is 10.3. The van der Waals surface area contributed by atoms with Crippen LogP contribution in [0.4, 0.5) is 5.82 Å². The number of nitrogens with zero attached hydrogens (tertiary/aromatic N) is 1. The van der Waals surface area contributed by atoms with E-state index in [2.05, 4.69) is 21.6 Å². The average molecular weight is 267 g/mol. The van der Waals surface area contributed by atoms with Crippen LogP contribution < -0.4 is 10.0 Å². The molecule has 1 aliphatic rings. The van der Waals surface area contributed by atoms with Gasteiger partial charge in [0.25, 0.3) is 0 Å². The fourth-order valence-electron chi connectivity index (χ4n) is 1.52. The molecule has 98 valence electrons. The van der Waals surface area contributed by atoms with Crippen LogP contribution in [0, 0.1) is 6.92 Å². The Kier molecular flexibility index (Phi) is 3.68. The summed E-state index contributed by atoms with van der Waals surface area (Å²) in [4.78, 5) is 4.36. The number of pyridine rings is 1. The molecule has 2 rings (SSSR count). The second kappa shape index (κ2) is 5.07. The predicted molar refractivity (Wildman–Crippen MR) is 71.0 cm³/mol. The Morgan fingerprint density at radius 2 is 2.28 bits per heavy atom. The van der Waals surface area contributed by atoms with E-state index in [1.165, 1.54) is 12.3 Å². The minimum absolute atomic E-state index is 0.184. The van der Waals surface area contributed by atoms with E-state index in [1.807, 2.05) is 6.92 Å². The molecule has 6 heteroatoms. The molecule has 0 amide bonds. The molecule has 0 unspecified atom stereocenters. The van der Waals surface area contributed by atoms with Crippen LogP contribution >= 0.6 is 0 Å². The van der Waals surface area contributed by atoms with Gasteiger partial charge in [-0.05, 0) is 31.4 Å². The van der Waals surface area contributed by atoms with Gasteiger partial charge in [0.1, 0.15) is 10.7 Å². The standard InChI is InChI=1S/C12H17N3O2S/c1-3-6-14-18(16,17)11-7-9(2)12(13-8-11)15-10-4-5-10/h3,7-8,10,14H,1,4-6H2,2H3,(H,13,15). The highest BCUT2D eigenvalue weighted by Gasteiger charge is 2.22. The largest absolute Gasteiger partial charge is 0.367 e. The first-order chi connectivity index (χ1) is 8.53. The Balaban J connectivity index is 2.19. The molecule has 1 aromatic heterocycles. The van der Waals surface area contributed by atoms with Gasteiger partial charge in [0.05, 0.1) is 0 Å². The topological polar surface area (TPSA) is 71.1 Å². The van der Waals surface area contributed by atoms with Gasteiger partial charge in [0, 0.05) is 18.8 Å². The first-order valence-corrected chi connectivity index (χ1v) is 7.35. The minimum Gasteiger partial charge on any atom is -0.367 e. The highest BCUT2D eigenvalue weighted by molar-refractivity contribution is 7.89. The Labute approximate surface area is 107 Å². The molecule has 2 N–H and O–H groups in total. The van der Waals surface area contributed by atoms with Crippen LogP contribution in [0.5, 0.6) is 0 Å². The predicted octanol–water partition coefficient (Wildman–Crippen LogP) is 1.43. The van der Waals surface area contributed by atoms with Crippen molar-refractivity contribution in [2.24, 2.45) is 0 Å². The molecule has 0 spiro atoms. The number of anilines is 1. The third-order valence-electron chi connectivity index (χ3n) is 2.70. The highest BCUT2D eigenvalue weighted by atomic mass is 32.2. The maximum absolute atomic E-state index is 11.9. The summed E-state index contributed by atoms with van der Waals surface area (Å²) in [6.07, 6.45) is 5.19. The van der Waals surface area contributed by atoms with Crippen LogP contribution in [0.15, 0.2) is 29.8 Å². The summed E-state index contributed by atoms with van der Waals surface area (Å²) in [7, 11) is -3.49. The number of sulfonamides is 1. The van der Waals surface area contributed by atoms with E-state index >= 15 is 0 Å². The Morgan fingerprint density at radius 1 is 1.56 bits per heavy atom. The maximum Gasteiger partial charge on any atom is 0.242 e. The van der Waals surface area contributed by atoms with Crippen LogP contribution in [-0.4, -0.2) is 26.0 Å². The van der Waals surface area contributed by atoms with Crippen LogP contribution in [0.2, 0.25) is 0 Å². The summed E-state index contributed by atoms with van der Waals surface area (Å²) in [6, 6.07) is 2.13. The van der Waals surface area contributed by atoms with E-state index in [-0.39, 0.29) is 11.4 Å². The smallest absolute Gasteiger partial charge is 0.242 e. The second-order valence-electron chi connectivity index (χ2n) is 4.40. The lowest BCUT2D eigenvalue weighted by Crippen LogP contribution is -2.24. The van der Waals surface area contributed by atoms with Gasteiger partial charge in [-0.15, -0.1) is 6.58 Å². The van der Waals surface area contributed by atoms with E-state index in [9.17, 15) is 8.42 Å². The number of aromatic nitrogens is 1. The van der Waals surface area contributed by atoms with Gasteiger partial charge in [0.15, 0.2) is 0 Å². The highest BCUT2D eigenvalue weighted by Crippen LogP contribution is 2.26. The summed E-state index contributed by atoms with van der Waals surface area (Å²) < 4.78 is 26.2. The first-order valence-electron chi connectivity index (χ1n) is 5.86. The molecule has 0 aromatic carbocycles. The van der Waals surface area contributed by atoms with Crippen LogP contribution in [0.25, 0.3) is 0 Å². The van der Waals surface area contributed by atoms with Crippen LogP contribution in [0.1, 0.15) is 18.4 Å². The van der Waals surface area contributed by atoms with Crippen LogP contribution in [0.3, 0.4) is 0 Å². The van der Waals surface area contributed by atoms with Crippen molar-refractivity contribution in [1.82, 2.24) is 9.71 Å². The monoisotopic (exact) mass is 267 g/mol. The van der Waals surface area contributed by atoms with Crippen molar-refractivity contribution in [3.63, 3.8) is 0 Å². The molecule has 1 aromatic rings. The molecule has 5 nitrogen and oxygen atoms in total. The zero-order valence-corrected chi connectivity index (χ0v) is 11.1. The van der Waals surface area contributed by atoms with Crippen molar-refractivity contribution in [3.05, 3.63) is 30.5 Å². The second-order valence-corrected chi connectivity index (χ2v) is 6.16. The molecular weight excluding hydrogens is 250 g/mol. The van der Waals surface area contributed by atoms with E-state index in [0.29, 0.717) is 6.04 Å². The van der Waals surface area contributed by atoms with E-state index in [1.54, 1.807) is 6.07 Å². The van der Waals surface area contributed by atoms with Crippen molar-refractivity contribution in [2.45, 2.75) is 30.7 Å². The van der Waals surface area contributed by atoms with Crippen molar-refractivity contribution in [3.8, 4) is 0 Å². The molecule has 1 heterocycles.